The molecule has 0 amide bonds. The first-order valence-corrected chi connectivity index (χ1v) is 7.59. The van der Waals surface area contributed by atoms with E-state index in [0.29, 0.717) is 0 Å². The average molecular weight is 277 g/mol. The van der Waals surface area contributed by atoms with Crippen LogP contribution in [-0.4, -0.2) is 18.1 Å². The highest BCUT2D eigenvalue weighted by molar-refractivity contribution is 5.83. The molecule has 0 aliphatic carbocycles. The second-order valence-electron chi connectivity index (χ2n) is 5.80. The Hall–Kier alpha value is -2.06. The van der Waals surface area contributed by atoms with Crippen LogP contribution in [0.25, 0.3) is 11.8 Å². The number of hydrogen-bond donors (Lipinski definition) is 0. The number of hydrogen-bond acceptors (Lipinski definition) is 2. The molecule has 2 aromatic rings. The fraction of sp³-hybridized carbons (Fsp3) is 0.263. The van der Waals surface area contributed by atoms with E-state index >= 15 is 0 Å². The summed E-state index contributed by atoms with van der Waals surface area (Å²) in [6.07, 6.45) is 3.45. The summed E-state index contributed by atoms with van der Waals surface area (Å²) in [4.78, 5) is 2.40. The molecule has 1 saturated heterocycles. The van der Waals surface area contributed by atoms with Crippen LogP contribution in [0.15, 0.2) is 48.5 Å². The quantitative estimate of drug-likeness (QED) is 0.773. The molecule has 2 aliphatic heterocycles. The van der Waals surface area contributed by atoms with Gasteiger partial charge >= 0.3 is 0 Å². The van der Waals surface area contributed by atoms with Gasteiger partial charge in [0.2, 0.25) is 0 Å². The van der Waals surface area contributed by atoms with Gasteiger partial charge in [-0.3, -0.25) is 0 Å². The second-order valence-corrected chi connectivity index (χ2v) is 5.80. The smallest absolute Gasteiger partial charge is 0.157 e. The Bertz CT molecular complexity index is 704. The number of benzene rings is 2. The minimum atomic E-state index is 0.0652. The molecule has 2 aromatic carbocycles. The van der Waals surface area contributed by atoms with Gasteiger partial charge in [0.25, 0.3) is 0 Å². The maximum absolute atomic E-state index is 6.08. The maximum atomic E-state index is 6.08. The van der Waals surface area contributed by atoms with Crippen LogP contribution < -0.4 is 0 Å². The SMILES string of the molecule is Cc1cccc(C2=Cc3ccccc3C3OCCCN23)c1. The summed E-state index contributed by atoms with van der Waals surface area (Å²) >= 11 is 0. The summed E-state index contributed by atoms with van der Waals surface area (Å²) in [6.45, 7) is 4.04. The Morgan fingerprint density at radius 3 is 2.90 bits per heavy atom. The largest absolute Gasteiger partial charge is 0.354 e. The van der Waals surface area contributed by atoms with E-state index in [9.17, 15) is 0 Å². The van der Waals surface area contributed by atoms with Crippen molar-refractivity contribution in [1.29, 1.82) is 0 Å². The number of ether oxygens (including phenoxy) is 1. The average Bonchev–Trinajstić information content (AvgIpc) is 2.54. The molecule has 2 heterocycles. The van der Waals surface area contributed by atoms with Crippen LogP contribution in [0.5, 0.6) is 0 Å². The van der Waals surface area contributed by atoms with E-state index in [1.807, 2.05) is 0 Å². The Labute approximate surface area is 125 Å². The zero-order valence-corrected chi connectivity index (χ0v) is 12.3. The summed E-state index contributed by atoms with van der Waals surface area (Å²) in [5.41, 5.74) is 6.41. The van der Waals surface area contributed by atoms with E-state index in [2.05, 4.69) is 66.4 Å². The molecule has 4 rings (SSSR count). The normalized spacial score (nSPS) is 20.5. The molecule has 0 spiro atoms. The van der Waals surface area contributed by atoms with Crippen LogP contribution in [0.3, 0.4) is 0 Å². The molecule has 1 fully saturated rings. The number of aryl methyl sites for hydroxylation is 1. The predicted octanol–water partition coefficient (Wildman–Crippen LogP) is 4.23. The van der Waals surface area contributed by atoms with Gasteiger partial charge in [-0.2, -0.15) is 0 Å². The zero-order chi connectivity index (χ0) is 14.2. The van der Waals surface area contributed by atoms with Crippen molar-refractivity contribution < 1.29 is 4.74 Å². The third kappa shape index (κ3) is 2.16. The van der Waals surface area contributed by atoms with Crippen molar-refractivity contribution in [2.24, 2.45) is 0 Å². The number of rotatable bonds is 1. The molecule has 1 atom stereocenters. The molecule has 2 heteroatoms. The second kappa shape index (κ2) is 5.05. The van der Waals surface area contributed by atoms with E-state index in [1.54, 1.807) is 0 Å². The first-order chi connectivity index (χ1) is 10.3. The van der Waals surface area contributed by atoms with Crippen LogP contribution >= 0.6 is 0 Å². The molecular weight excluding hydrogens is 258 g/mol. The molecular formula is C19H19NO. The molecule has 0 bridgehead atoms. The molecule has 0 aromatic heterocycles. The summed E-state index contributed by atoms with van der Waals surface area (Å²) in [6, 6.07) is 17.3. The minimum Gasteiger partial charge on any atom is -0.354 e. The molecule has 21 heavy (non-hydrogen) atoms. The molecule has 0 N–H and O–H groups in total. The molecule has 2 aliphatic rings. The van der Waals surface area contributed by atoms with E-state index in [0.717, 1.165) is 19.6 Å². The van der Waals surface area contributed by atoms with Gasteiger partial charge in [0.1, 0.15) is 0 Å². The number of nitrogens with zero attached hydrogens (tertiary/aromatic N) is 1. The van der Waals surface area contributed by atoms with Gasteiger partial charge in [0.05, 0.1) is 6.61 Å². The van der Waals surface area contributed by atoms with E-state index < -0.39 is 0 Å². The lowest BCUT2D eigenvalue weighted by atomic mass is 9.95. The fourth-order valence-electron chi connectivity index (χ4n) is 3.29. The van der Waals surface area contributed by atoms with Crippen molar-refractivity contribution in [2.45, 2.75) is 19.6 Å². The van der Waals surface area contributed by atoms with Crippen LogP contribution in [0.4, 0.5) is 0 Å². The van der Waals surface area contributed by atoms with Crippen LogP contribution in [0.2, 0.25) is 0 Å². The zero-order valence-electron chi connectivity index (χ0n) is 12.3. The topological polar surface area (TPSA) is 12.5 Å². The van der Waals surface area contributed by atoms with Crippen LogP contribution in [-0.2, 0) is 4.74 Å². The Morgan fingerprint density at radius 1 is 1.10 bits per heavy atom. The first-order valence-electron chi connectivity index (χ1n) is 7.59. The maximum Gasteiger partial charge on any atom is 0.157 e. The van der Waals surface area contributed by atoms with Crippen LogP contribution in [0.1, 0.15) is 34.9 Å². The van der Waals surface area contributed by atoms with Gasteiger partial charge in [-0.15, -0.1) is 0 Å². The van der Waals surface area contributed by atoms with Crippen molar-refractivity contribution in [3.8, 4) is 0 Å². The Kier molecular flexibility index (Phi) is 3.04. The first kappa shape index (κ1) is 12.7. The third-order valence-corrected chi connectivity index (χ3v) is 4.28. The monoisotopic (exact) mass is 277 g/mol. The van der Waals surface area contributed by atoms with Crippen LogP contribution in [0, 0.1) is 6.92 Å². The summed E-state index contributed by atoms with van der Waals surface area (Å²) in [7, 11) is 0. The lowest BCUT2D eigenvalue weighted by Crippen LogP contribution is -2.37. The highest BCUT2D eigenvalue weighted by Gasteiger charge is 2.31. The highest BCUT2D eigenvalue weighted by atomic mass is 16.5. The van der Waals surface area contributed by atoms with Crippen molar-refractivity contribution >= 4 is 11.8 Å². The lowest BCUT2D eigenvalue weighted by molar-refractivity contribution is -0.0700. The minimum absolute atomic E-state index is 0.0652. The molecule has 1 unspecified atom stereocenters. The Morgan fingerprint density at radius 2 is 2.00 bits per heavy atom. The van der Waals surface area contributed by atoms with Gasteiger partial charge in [-0.05, 0) is 36.6 Å². The van der Waals surface area contributed by atoms with E-state index in [1.165, 1.54) is 28.0 Å². The third-order valence-electron chi connectivity index (χ3n) is 4.28. The predicted molar refractivity (Wildman–Crippen MR) is 85.5 cm³/mol. The standard InChI is InChI=1S/C19H19NO/c1-14-6-4-8-16(12-14)18-13-15-7-2-3-9-17(15)19-20(18)10-5-11-21-19/h2-4,6-9,12-13,19H,5,10-11H2,1H3. The summed E-state index contributed by atoms with van der Waals surface area (Å²) < 4.78 is 6.08. The summed E-state index contributed by atoms with van der Waals surface area (Å²) in [5, 5.41) is 0. The Balaban J connectivity index is 1.87. The molecule has 0 saturated carbocycles. The van der Waals surface area contributed by atoms with Gasteiger partial charge in [0.15, 0.2) is 6.23 Å². The lowest BCUT2D eigenvalue weighted by Gasteiger charge is -2.42. The van der Waals surface area contributed by atoms with Crippen molar-refractivity contribution in [3.05, 3.63) is 70.8 Å². The van der Waals surface area contributed by atoms with Gasteiger partial charge in [-0.25, -0.2) is 0 Å². The van der Waals surface area contributed by atoms with Crippen molar-refractivity contribution in [1.82, 2.24) is 4.90 Å². The highest BCUT2D eigenvalue weighted by Crippen LogP contribution is 2.40. The fourth-order valence-corrected chi connectivity index (χ4v) is 3.29. The van der Waals surface area contributed by atoms with Gasteiger partial charge < -0.3 is 9.64 Å². The summed E-state index contributed by atoms with van der Waals surface area (Å²) in [5.74, 6) is 0. The van der Waals surface area contributed by atoms with Crippen molar-refractivity contribution in [3.63, 3.8) is 0 Å². The number of fused-ring (bicyclic) bond motifs is 3. The van der Waals surface area contributed by atoms with E-state index in [4.69, 9.17) is 4.74 Å². The van der Waals surface area contributed by atoms with Gasteiger partial charge in [0, 0.05) is 17.8 Å². The van der Waals surface area contributed by atoms with E-state index in [-0.39, 0.29) is 6.23 Å². The molecule has 0 radical (unpaired) electrons. The molecule has 2 nitrogen and oxygen atoms in total. The van der Waals surface area contributed by atoms with Crippen molar-refractivity contribution in [2.75, 3.05) is 13.2 Å². The molecule has 106 valence electrons. The van der Waals surface area contributed by atoms with Gasteiger partial charge in [-0.1, -0.05) is 48.0 Å².